The molecule has 1 aromatic heterocycles. The fraction of sp³-hybridized carbons (Fsp3) is 0.667. The molecule has 1 heterocycles. The molecule has 1 atom stereocenters. The number of rotatable bonds is 7. The molecule has 17 heavy (non-hydrogen) atoms. The molecule has 0 aliphatic rings. The lowest BCUT2D eigenvalue weighted by atomic mass is 10.1. The monoisotopic (exact) mass is 239 g/mol. The van der Waals surface area contributed by atoms with Crippen molar-refractivity contribution in [3.05, 3.63) is 18.0 Å². The maximum Gasteiger partial charge on any atom is 0.307 e. The van der Waals surface area contributed by atoms with E-state index in [0.717, 1.165) is 25.2 Å². The summed E-state index contributed by atoms with van der Waals surface area (Å²) >= 11 is 0. The minimum atomic E-state index is -0.743. The molecule has 0 bridgehead atoms. The molecular formula is C12H21N3O2. The standard InChI is InChI=1S/C12H21N3O2/c1-4-14(7-10(3)12(16)17)8-11-6-13-15(5-2)9-11/h6,9-10H,4-5,7-8H2,1-3H3,(H,16,17). The first-order chi connectivity index (χ1) is 8.06. The summed E-state index contributed by atoms with van der Waals surface area (Å²) in [5, 5.41) is 13.1. The third-order valence-corrected chi connectivity index (χ3v) is 2.82. The van der Waals surface area contributed by atoms with E-state index in [4.69, 9.17) is 5.11 Å². The van der Waals surface area contributed by atoms with Crippen LogP contribution in [-0.2, 0) is 17.9 Å². The number of carbonyl (C=O) groups is 1. The van der Waals surface area contributed by atoms with E-state index in [1.165, 1.54) is 0 Å². The fourth-order valence-corrected chi connectivity index (χ4v) is 1.69. The average Bonchev–Trinajstić information content (AvgIpc) is 2.75. The van der Waals surface area contributed by atoms with Gasteiger partial charge in [-0.25, -0.2) is 0 Å². The second-order valence-electron chi connectivity index (χ2n) is 4.27. The van der Waals surface area contributed by atoms with Gasteiger partial charge in [-0.2, -0.15) is 5.10 Å². The van der Waals surface area contributed by atoms with Gasteiger partial charge < -0.3 is 5.11 Å². The van der Waals surface area contributed by atoms with Crippen LogP contribution in [0.4, 0.5) is 0 Å². The molecule has 0 saturated carbocycles. The average molecular weight is 239 g/mol. The van der Waals surface area contributed by atoms with E-state index in [1.807, 2.05) is 30.9 Å². The topological polar surface area (TPSA) is 58.4 Å². The molecular weight excluding hydrogens is 218 g/mol. The van der Waals surface area contributed by atoms with Crippen LogP contribution in [0.25, 0.3) is 0 Å². The Morgan fingerprint density at radius 3 is 2.76 bits per heavy atom. The summed E-state index contributed by atoms with van der Waals surface area (Å²) < 4.78 is 1.88. The van der Waals surface area contributed by atoms with Crippen LogP contribution in [0.2, 0.25) is 0 Å². The Kier molecular flexibility index (Phi) is 5.15. The Morgan fingerprint density at radius 2 is 2.29 bits per heavy atom. The Bertz CT molecular complexity index is 362. The molecule has 1 rings (SSSR count). The van der Waals surface area contributed by atoms with Gasteiger partial charge in [-0.05, 0) is 13.5 Å². The lowest BCUT2D eigenvalue weighted by molar-refractivity contribution is -0.141. The Balaban J connectivity index is 2.54. The van der Waals surface area contributed by atoms with Gasteiger partial charge in [-0.15, -0.1) is 0 Å². The highest BCUT2D eigenvalue weighted by Crippen LogP contribution is 2.07. The van der Waals surface area contributed by atoms with Crippen molar-refractivity contribution in [1.29, 1.82) is 0 Å². The van der Waals surface area contributed by atoms with Crippen LogP contribution in [0.3, 0.4) is 0 Å². The van der Waals surface area contributed by atoms with Crippen LogP contribution in [0.5, 0.6) is 0 Å². The third-order valence-electron chi connectivity index (χ3n) is 2.82. The maximum absolute atomic E-state index is 10.8. The van der Waals surface area contributed by atoms with Crippen molar-refractivity contribution in [1.82, 2.24) is 14.7 Å². The number of aliphatic carboxylic acids is 1. The molecule has 5 nitrogen and oxygen atoms in total. The molecule has 0 aliphatic carbocycles. The lowest BCUT2D eigenvalue weighted by Crippen LogP contribution is -2.31. The van der Waals surface area contributed by atoms with Crippen molar-refractivity contribution in [3.8, 4) is 0 Å². The van der Waals surface area contributed by atoms with Crippen molar-refractivity contribution < 1.29 is 9.90 Å². The molecule has 1 N–H and O–H groups in total. The first-order valence-electron chi connectivity index (χ1n) is 6.03. The van der Waals surface area contributed by atoms with E-state index in [1.54, 1.807) is 6.92 Å². The van der Waals surface area contributed by atoms with Crippen molar-refractivity contribution in [3.63, 3.8) is 0 Å². The summed E-state index contributed by atoms with van der Waals surface area (Å²) in [6, 6.07) is 0. The summed E-state index contributed by atoms with van der Waals surface area (Å²) in [5.74, 6) is -1.08. The molecule has 0 aliphatic heterocycles. The van der Waals surface area contributed by atoms with Gasteiger partial charge in [0.15, 0.2) is 0 Å². The van der Waals surface area contributed by atoms with Crippen molar-refractivity contribution in [2.75, 3.05) is 13.1 Å². The van der Waals surface area contributed by atoms with Crippen molar-refractivity contribution >= 4 is 5.97 Å². The molecule has 0 saturated heterocycles. The minimum absolute atomic E-state index is 0.337. The van der Waals surface area contributed by atoms with Gasteiger partial charge in [0.2, 0.25) is 0 Å². The highest BCUT2D eigenvalue weighted by atomic mass is 16.4. The van der Waals surface area contributed by atoms with E-state index in [0.29, 0.717) is 6.54 Å². The van der Waals surface area contributed by atoms with E-state index < -0.39 is 5.97 Å². The predicted octanol–water partition coefficient (Wildman–Crippen LogP) is 1.45. The summed E-state index contributed by atoms with van der Waals surface area (Å²) in [6.07, 6.45) is 3.85. The summed E-state index contributed by atoms with van der Waals surface area (Å²) in [7, 11) is 0. The van der Waals surface area contributed by atoms with Crippen LogP contribution in [0.15, 0.2) is 12.4 Å². The number of carboxylic acid groups (broad SMARTS) is 1. The molecule has 1 aromatic rings. The SMILES string of the molecule is CCN(Cc1cnn(CC)c1)CC(C)C(=O)O. The number of hydrogen-bond acceptors (Lipinski definition) is 3. The van der Waals surface area contributed by atoms with Crippen LogP contribution in [0, 0.1) is 5.92 Å². The predicted molar refractivity (Wildman–Crippen MR) is 65.7 cm³/mol. The molecule has 0 amide bonds. The second kappa shape index (κ2) is 6.39. The minimum Gasteiger partial charge on any atom is -0.481 e. The number of hydrogen-bond donors (Lipinski definition) is 1. The first kappa shape index (κ1) is 13.7. The quantitative estimate of drug-likeness (QED) is 0.782. The van der Waals surface area contributed by atoms with E-state index >= 15 is 0 Å². The summed E-state index contributed by atoms with van der Waals surface area (Å²) in [4.78, 5) is 12.9. The summed E-state index contributed by atoms with van der Waals surface area (Å²) in [5.41, 5.74) is 1.13. The van der Waals surface area contributed by atoms with Crippen LogP contribution in [-0.4, -0.2) is 38.8 Å². The highest BCUT2D eigenvalue weighted by molar-refractivity contribution is 5.69. The fourth-order valence-electron chi connectivity index (χ4n) is 1.69. The number of aryl methyl sites for hydroxylation is 1. The Morgan fingerprint density at radius 1 is 1.59 bits per heavy atom. The number of nitrogens with zero attached hydrogens (tertiary/aromatic N) is 3. The zero-order valence-corrected chi connectivity index (χ0v) is 10.8. The van der Waals surface area contributed by atoms with E-state index in [-0.39, 0.29) is 5.92 Å². The molecule has 0 fully saturated rings. The van der Waals surface area contributed by atoms with Gasteiger partial charge in [0.25, 0.3) is 0 Å². The largest absolute Gasteiger partial charge is 0.481 e. The highest BCUT2D eigenvalue weighted by Gasteiger charge is 2.15. The first-order valence-corrected chi connectivity index (χ1v) is 6.03. The molecule has 1 unspecified atom stereocenters. The van der Waals surface area contributed by atoms with Gasteiger partial charge >= 0.3 is 5.97 Å². The number of carboxylic acids is 1. The van der Waals surface area contributed by atoms with Crippen molar-refractivity contribution in [2.24, 2.45) is 5.92 Å². The normalized spacial score (nSPS) is 12.9. The lowest BCUT2D eigenvalue weighted by Gasteiger charge is -2.21. The van der Waals surface area contributed by atoms with Crippen LogP contribution >= 0.6 is 0 Å². The van der Waals surface area contributed by atoms with Gasteiger partial charge in [-0.1, -0.05) is 13.8 Å². The second-order valence-corrected chi connectivity index (χ2v) is 4.27. The Hall–Kier alpha value is -1.36. The van der Waals surface area contributed by atoms with Gasteiger partial charge in [0.05, 0.1) is 12.1 Å². The molecule has 0 radical (unpaired) electrons. The zero-order chi connectivity index (χ0) is 12.8. The van der Waals surface area contributed by atoms with Crippen LogP contribution < -0.4 is 0 Å². The van der Waals surface area contributed by atoms with Gasteiger partial charge in [-0.3, -0.25) is 14.4 Å². The van der Waals surface area contributed by atoms with E-state index in [2.05, 4.69) is 10.00 Å². The van der Waals surface area contributed by atoms with Gasteiger partial charge in [0.1, 0.15) is 0 Å². The molecule has 5 heteroatoms. The number of aromatic nitrogens is 2. The van der Waals surface area contributed by atoms with Crippen LogP contribution in [0.1, 0.15) is 26.3 Å². The zero-order valence-electron chi connectivity index (χ0n) is 10.8. The maximum atomic E-state index is 10.8. The third kappa shape index (κ3) is 4.19. The molecule has 96 valence electrons. The smallest absolute Gasteiger partial charge is 0.307 e. The molecule has 0 aromatic carbocycles. The van der Waals surface area contributed by atoms with E-state index in [9.17, 15) is 4.79 Å². The summed E-state index contributed by atoms with van der Waals surface area (Å²) in [6.45, 7) is 8.85. The van der Waals surface area contributed by atoms with Crippen molar-refractivity contribution in [2.45, 2.75) is 33.9 Å². The van der Waals surface area contributed by atoms with Gasteiger partial charge in [0, 0.05) is 31.4 Å². The Labute approximate surface area is 102 Å². The molecule has 0 spiro atoms.